The van der Waals surface area contributed by atoms with E-state index in [1.165, 1.54) is 18.5 Å². The van der Waals surface area contributed by atoms with Crippen LogP contribution in [0.1, 0.15) is 53.0 Å². The van der Waals surface area contributed by atoms with Gasteiger partial charge in [0.05, 0.1) is 17.2 Å². The number of nitrogens with one attached hydrogen (secondary N) is 2. The predicted octanol–water partition coefficient (Wildman–Crippen LogP) is 6.02. The molecule has 0 aliphatic carbocycles. The Kier molecular flexibility index (Phi) is 8.48. The number of sulfonamides is 1. The number of thiophene rings is 1. The fourth-order valence-corrected chi connectivity index (χ4v) is 6.29. The van der Waals surface area contributed by atoms with E-state index in [0.29, 0.717) is 51.4 Å². The molecule has 0 saturated heterocycles. The van der Waals surface area contributed by atoms with Crippen LogP contribution in [0.3, 0.4) is 0 Å². The van der Waals surface area contributed by atoms with Crippen LogP contribution in [0.4, 0.5) is 15.9 Å². The predicted molar refractivity (Wildman–Crippen MR) is 136 cm³/mol. The van der Waals surface area contributed by atoms with Crippen molar-refractivity contribution in [3.63, 3.8) is 0 Å². The lowest BCUT2D eigenvalue weighted by atomic mass is 9.93. The third kappa shape index (κ3) is 6.22. The minimum Gasteiger partial charge on any atom is -0.489 e. The van der Waals surface area contributed by atoms with Crippen molar-refractivity contribution in [1.82, 2.24) is 14.7 Å². The van der Waals surface area contributed by atoms with Crippen molar-refractivity contribution in [2.24, 2.45) is 11.8 Å². The summed E-state index contributed by atoms with van der Waals surface area (Å²) in [6.07, 6.45) is 2.97. The van der Waals surface area contributed by atoms with Gasteiger partial charge in [0.15, 0.2) is 0 Å². The Hall–Kier alpha value is -2.30. The SMILES string of the molecule is Cc1c(S(=O)(=O)NCCCC(C)C(C)C)sc2ncnc(Nc3ccc(F)cc3OC(C)C)c12. The van der Waals surface area contributed by atoms with E-state index >= 15 is 0 Å². The molecule has 34 heavy (non-hydrogen) atoms. The van der Waals surface area contributed by atoms with Crippen molar-refractivity contribution in [1.29, 1.82) is 0 Å². The lowest BCUT2D eigenvalue weighted by Gasteiger charge is -2.16. The quantitative estimate of drug-likeness (QED) is 0.308. The normalized spacial score (nSPS) is 13.1. The molecule has 0 radical (unpaired) electrons. The molecule has 0 saturated carbocycles. The Morgan fingerprint density at radius 3 is 2.56 bits per heavy atom. The molecule has 0 aliphatic heterocycles. The molecule has 0 aliphatic rings. The summed E-state index contributed by atoms with van der Waals surface area (Å²) in [6.45, 7) is 12.4. The first-order valence-corrected chi connectivity index (χ1v) is 13.8. The molecule has 2 heterocycles. The van der Waals surface area contributed by atoms with Crippen molar-refractivity contribution in [3.8, 4) is 5.75 Å². The van der Waals surface area contributed by atoms with Crippen molar-refractivity contribution in [3.05, 3.63) is 35.9 Å². The zero-order chi connectivity index (χ0) is 25.0. The third-order valence-electron chi connectivity index (χ3n) is 5.75. The summed E-state index contributed by atoms with van der Waals surface area (Å²) in [5, 5.41) is 3.79. The number of rotatable bonds is 11. The Labute approximate surface area is 205 Å². The molecule has 0 spiro atoms. The Bertz CT molecular complexity index is 1240. The van der Waals surface area contributed by atoms with E-state index in [2.05, 4.69) is 40.8 Å². The van der Waals surface area contributed by atoms with Gasteiger partial charge >= 0.3 is 0 Å². The lowest BCUT2D eigenvalue weighted by molar-refractivity contribution is 0.243. The average Bonchev–Trinajstić information content (AvgIpc) is 3.11. The number of anilines is 2. The van der Waals surface area contributed by atoms with Gasteiger partial charge < -0.3 is 10.1 Å². The summed E-state index contributed by atoms with van der Waals surface area (Å²) >= 11 is 1.11. The molecule has 3 rings (SSSR count). The Balaban J connectivity index is 1.87. The van der Waals surface area contributed by atoms with Crippen LogP contribution < -0.4 is 14.8 Å². The standard InChI is InChI=1S/C24H33FN4O3S2/c1-14(2)16(5)8-7-11-28-34(30,31)24-17(6)21-22(26-13-27-23(21)33-24)29-19-10-9-18(25)12-20(19)32-15(3)4/h9-10,12-16,28H,7-8,11H2,1-6H3,(H,26,27,29). The van der Waals surface area contributed by atoms with Crippen LogP contribution in [-0.2, 0) is 10.0 Å². The molecule has 1 atom stereocenters. The molecule has 2 aromatic heterocycles. The highest BCUT2D eigenvalue weighted by Crippen LogP contribution is 2.38. The molecule has 0 amide bonds. The second-order valence-corrected chi connectivity index (χ2v) is 12.1. The number of benzene rings is 1. The molecule has 1 aromatic carbocycles. The minimum absolute atomic E-state index is 0.151. The number of hydrogen-bond acceptors (Lipinski definition) is 7. The summed E-state index contributed by atoms with van der Waals surface area (Å²) in [4.78, 5) is 9.17. The van der Waals surface area contributed by atoms with Crippen LogP contribution in [0, 0.1) is 24.6 Å². The monoisotopic (exact) mass is 508 g/mol. The van der Waals surface area contributed by atoms with Gasteiger partial charge in [-0.1, -0.05) is 20.8 Å². The zero-order valence-electron chi connectivity index (χ0n) is 20.5. The summed E-state index contributed by atoms with van der Waals surface area (Å²) in [5.74, 6) is 1.47. The van der Waals surface area contributed by atoms with Crippen molar-refractivity contribution < 1.29 is 17.5 Å². The zero-order valence-corrected chi connectivity index (χ0v) is 22.1. The molecule has 186 valence electrons. The van der Waals surface area contributed by atoms with Gasteiger partial charge in [0.2, 0.25) is 10.0 Å². The number of aryl methyl sites for hydroxylation is 1. The molecule has 1 unspecified atom stereocenters. The molecule has 2 N–H and O–H groups in total. The first-order valence-electron chi connectivity index (χ1n) is 11.5. The molecule has 0 bridgehead atoms. The van der Waals surface area contributed by atoms with Gasteiger partial charge in [-0.25, -0.2) is 27.5 Å². The summed E-state index contributed by atoms with van der Waals surface area (Å²) in [7, 11) is -3.69. The van der Waals surface area contributed by atoms with Crippen molar-refractivity contribution in [2.75, 3.05) is 11.9 Å². The Morgan fingerprint density at radius 2 is 1.88 bits per heavy atom. The molecule has 0 fully saturated rings. The lowest BCUT2D eigenvalue weighted by Crippen LogP contribution is -2.25. The molecule has 3 aromatic rings. The van der Waals surface area contributed by atoms with E-state index in [4.69, 9.17) is 4.74 Å². The fourth-order valence-electron chi connectivity index (χ4n) is 3.51. The molecular formula is C24H33FN4O3S2. The number of halogens is 1. The van der Waals surface area contributed by atoms with Gasteiger partial charge in [-0.2, -0.15) is 0 Å². The highest BCUT2D eigenvalue weighted by Gasteiger charge is 2.24. The number of nitrogens with zero attached hydrogens (tertiary/aromatic N) is 2. The first kappa shape index (κ1) is 26.3. The highest BCUT2D eigenvalue weighted by molar-refractivity contribution is 7.91. The maximum atomic E-state index is 13.8. The first-order chi connectivity index (χ1) is 16.0. The number of ether oxygens (including phenoxy) is 1. The summed E-state index contributed by atoms with van der Waals surface area (Å²) in [6, 6.07) is 4.20. The van der Waals surface area contributed by atoms with Gasteiger partial charge in [0, 0.05) is 12.6 Å². The van der Waals surface area contributed by atoms with E-state index in [-0.39, 0.29) is 10.3 Å². The summed E-state index contributed by atoms with van der Waals surface area (Å²) in [5.41, 5.74) is 1.10. The van der Waals surface area contributed by atoms with Crippen LogP contribution >= 0.6 is 11.3 Å². The fraction of sp³-hybridized carbons (Fsp3) is 0.500. The van der Waals surface area contributed by atoms with E-state index in [1.807, 2.05) is 13.8 Å². The van der Waals surface area contributed by atoms with Crippen LogP contribution in [-0.4, -0.2) is 31.0 Å². The third-order valence-corrected chi connectivity index (χ3v) is 9.03. The second-order valence-electron chi connectivity index (χ2n) is 9.11. The average molecular weight is 509 g/mol. The van der Waals surface area contributed by atoms with Gasteiger partial charge in [0.25, 0.3) is 0 Å². The van der Waals surface area contributed by atoms with E-state index in [9.17, 15) is 12.8 Å². The maximum absolute atomic E-state index is 13.8. The largest absolute Gasteiger partial charge is 0.489 e. The van der Waals surface area contributed by atoms with Gasteiger partial charge in [-0.3, -0.25) is 0 Å². The topological polar surface area (TPSA) is 93.2 Å². The number of aromatic nitrogens is 2. The number of hydrogen-bond donors (Lipinski definition) is 2. The molecular weight excluding hydrogens is 475 g/mol. The smallest absolute Gasteiger partial charge is 0.250 e. The highest BCUT2D eigenvalue weighted by atomic mass is 32.2. The molecule has 10 heteroatoms. The van der Waals surface area contributed by atoms with Crippen molar-refractivity contribution in [2.45, 2.75) is 64.7 Å². The van der Waals surface area contributed by atoms with Gasteiger partial charge in [0.1, 0.15) is 32.8 Å². The van der Waals surface area contributed by atoms with Crippen LogP contribution in [0.5, 0.6) is 5.75 Å². The van der Waals surface area contributed by atoms with E-state index < -0.39 is 15.8 Å². The van der Waals surface area contributed by atoms with Crippen LogP contribution in [0.2, 0.25) is 0 Å². The Morgan fingerprint density at radius 1 is 1.15 bits per heavy atom. The van der Waals surface area contributed by atoms with E-state index in [1.54, 1.807) is 13.0 Å². The van der Waals surface area contributed by atoms with Crippen LogP contribution in [0.25, 0.3) is 10.2 Å². The van der Waals surface area contributed by atoms with Crippen molar-refractivity contribution >= 4 is 43.1 Å². The molecule has 7 nitrogen and oxygen atoms in total. The summed E-state index contributed by atoms with van der Waals surface area (Å²) < 4.78 is 48.6. The van der Waals surface area contributed by atoms with Gasteiger partial charge in [-0.15, -0.1) is 11.3 Å². The minimum atomic E-state index is -3.69. The van der Waals surface area contributed by atoms with Crippen LogP contribution in [0.15, 0.2) is 28.7 Å². The van der Waals surface area contributed by atoms with E-state index in [0.717, 1.165) is 24.2 Å². The second kappa shape index (κ2) is 11.0. The maximum Gasteiger partial charge on any atom is 0.250 e. The number of fused-ring (bicyclic) bond motifs is 1. The van der Waals surface area contributed by atoms with Gasteiger partial charge in [-0.05, 0) is 63.1 Å².